The zero-order valence-corrected chi connectivity index (χ0v) is 22.4. The van der Waals surface area contributed by atoms with Gasteiger partial charge in [0.15, 0.2) is 5.13 Å². The third-order valence-corrected chi connectivity index (χ3v) is 8.71. The molecule has 198 valence electrons. The Morgan fingerprint density at radius 2 is 1.87 bits per heavy atom. The van der Waals surface area contributed by atoms with Crippen molar-refractivity contribution in [2.24, 2.45) is 5.92 Å². The molecule has 2 aromatic carbocycles. The van der Waals surface area contributed by atoms with Crippen molar-refractivity contribution in [1.82, 2.24) is 14.5 Å². The van der Waals surface area contributed by atoms with Gasteiger partial charge in [-0.2, -0.15) is 0 Å². The minimum absolute atomic E-state index is 0.0490. The van der Waals surface area contributed by atoms with Crippen molar-refractivity contribution in [2.75, 3.05) is 29.3 Å². The Kier molecular flexibility index (Phi) is 6.93. The molecule has 9 nitrogen and oxygen atoms in total. The van der Waals surface area contributed by atoms with Crippen molar-refractivity contribution >= 4 is 54.9 Å². The summed E-state index contributed by atoms with van der Waals surface area (Å²) in [5.74, 6) is -0.920. The summed E-state index contributed by atoms with van der Waals surface area (Å²) in [6.07, 6.45) is 3.22. The molecule has 1 aliphatic rings. The van der Waals surface area contributed by atoms with E-state index < -0.39 is 16.1 Å². The molecule has 1 aliphatic heterocycles. The van der Waals surface area contributed by atoms with Crippen LogP contribution in [0.3, 0.4) is 0 Å². The zero-order valence-electron chi connectivity index (χ0n) is 20.7. The largest absolute Gasteiger partial charge is 0.335 e. The van der Waals surface area contributed by atoms with Crippen molar-refractivity contribution < 1.29 is 22.4 Å². The maximum absolute atomic E-state index is 14.3. The number of nitrogens with one attached hydrogen (secondary N) is 1. The molecule has 1 atom stereocenters. The predicted octanol–water partition coefficient (Wildman–Crippen LogP) is 4.11. The van der Waals surface area contributed by atoms with Crippen LogP contribution in [-0.4, -0.2) is 54.3 Å². The van der Waals surface area contributed by atoms with Gasteiger partial charge >= 0.3 is 0 Å². The smallest absolute Gasteiger partial charge is 0.263 e. The van der Waals surface area contributed by atoms with E-state index in [0.717, 1.165) is 0 Å². The van der Waals surface area contributed by atoms with E-state index in [1.165, 1.54) is 40.6 Å². The van der Waals surface area contributed by atoms with Crippen LogP contribution >= 0.6 is 11.3 Å². The van der Waals surface area contributed by atoms with Crippen molar-refractivity contribution in [3.8, 4) is 0 Å². The molecule has 4 aromatic rings. The fraction of sp³-hybridized carbons (Fsp3) is 0.269. The zero-order chi connectivity index (χ0) is 27.0. The lowest BCUT2D eigenvalue weighted by Gasteiger charge is -2.37. The second-order valence-electron chi connectivity index (χ2n) is 9.33. The topological polar surface area (TPSA) is 105 Å². The quantitative estimate of drug-likeness (QED) is 0.370. The standard InChI is InChI=1S/C26H26FN5O4S2/c1-17(2)24(32-12-10-20-21(27)4-3-5-22(20)32)25(34)30-13-14-31(23(33)16-30)18-6-8-19(9-7-18)38(35,36)29-26-28-11-15-37-26/h3-12,15,17,24H,13-14,16H2,1-2H3,(H,28,29)/t24-/m1/s1. The highest BCUT2D eigenvalue weighted by molar-refractivity contribution is 7.93. The third kappa shape index (κ3) is 4.88. The van der Waals surface area contributed by atoms with Crippen molar-refractivity contribution in [2.45, 2.75) is 24.8 Å². The number of nitrogens with zero attached hydrogens (tertiary/aromatic N) is 4. The lowest BCUT2D eigenvalue weighted by Crippen LogP contribution is -2.54. The molecule has 1 N–H and O–H groups in total. The van der Waals surface area contributed by atoms with Gasteiger partial charge in [-0.3, -0.25) is 14.3 Å². The van der Waals surface area contributed by atoms with Gasteiger partial charge in [-0.1, -0.05) is 19.9 Å². The lowest BCUT2D eigenvalue weighted by molar-refractivity contribution is -0.140. The fourth-order valence-corrected chi connectivity index (χ4v) is 6.48. The first-order chi connectivity index (χ1) is 18.2. The van der Waals surface area contributed by atoms with Crippen LogP contribution in [0.15, 0.2) is 71.2 Å². The first kappa shape index (κ1) is 25.9. The van der Waals surface area contributed by atoms with Crippen LogP contribution in [0.5, 0.6) is 0 Å². The molecule has 38 heavy (non-hydrogen) atoms. The summed E-state index contributed by atoms with van der Waals surface area (Å²) in [4.78, 5) is 33.7. The number of hydrogen-bond acceptors (Lipinski definition) is 6. The summed E-state index contributed by atoms with van der Waals surface area (Å²) in [6, 6.07) is 11.9. The number of sulfonamides is 1. The number of carbonyl (C=O) groups is 2. The minimum Gasteiger partial charge on any atom is -0.335 e. The second-order valence-corrected chi connectivity index (χ2v) is 11.9. The Bertz CT molecular complexity index is 1580. The maximum Gasteiger partial charge on any atom is 0.263 e. The molecule has 2 amide bonds. The molecular weight excluding hydrogens is 529 g/mol. The third-order valence-electron chi connectivity index (χ3n) is 6.54. The molecule has 0 saturated carbocycles. The molecular formula is C26H26FN5O4S2. The van der Waals surface area contributed by atoms with E-state index in [1.807, 2.05) is 13.8 Å². The average Bonchev–Trinajstić information content (AvgIpc) is 3.55. The van der Waals surface area contributed by atoms with E-state index in [2.05, 4.69) is 9.71 Å². The van der Waals surface area contributed by atoms with Gasteiger partial charge < -0.3 is 14.4 Å². The van der Waals surface area contributed by atoms with Gasteiger partial charge in [-0.05, 0) is 48.4 Å². The molecule has 0 spiro atoms. The molecule has 0 unspecified atom stereocenters. The number of halogens is 1. The van der Waals surface area contributed by atoms with E-state index in [9.17, 15) is 22.4 Å². The predicted molar refractivity (Wildman–Crippen MR) is 144 cm³/mol. The van der Waals surface area contributed by atoms with Crippen LogP contribution in [0.1, 0.15) is 19.9 Å². The molecule has 0 aliphatic carbocycles. The number of rotatable bonds is 7. The first-order valence-corrected chi connectivity index (χ1v) is 14.4. The number of thiazole rings is 1. The van der Waals surface area contributed by atoms with Crippen LogP contribution in [0.2, 0.25) is 0 Å². The highest BCUT2D eigenvalue weighted by Gasteiger charge is 2.34. The number of piperazine rings is 1. The van der Waals surface area contributed by atoms with Crippen molar-refractivity contribution in [3.05, 3.63) is 72.1 Å². The fourth-order valence-electron chi connectivity index (χ4n) is 4.69. The van der Waals surface area contributed by atoms with E-state index in [1.54, 1.807) is 51.4 Å². The molecule has 3 heterocycles. The Labute approximate surface area is 223 Å². The van der Waals surface area contributed by atoms with Crippen LogP contribution < -0.4 is 9.62 Å². The Morgan fingerprint density at radius 3 is 2.53 bits per heavy atom. The second kappa shape index (κ2) is 10.2. The first-order valence-electron chi connectivity index (χ1n) is 12.0. The van der Waals surface area contributed by atoms with Crippen molar-refractivity contribution in [3.63, 3.8) is 0 Å². The number of aromatic nitrogens is 2. The van der Waals surface area contributed by atoms with E-state index in [-0.39, 0.29) is 46.7 Å². The van der Waals surface area contributed by atoms with Gasteiger partial charge in [-0.25, -0.2) is 17.8 Å². The van der Waals surface area contributed by atoms with Gasteiger partial charge in [0.2, 0.25) is 11.8 Å². The van der Waals surface area contributed by atoms with E-state index in [0.29, 0.717) is 23.1 Å². The van der Waals surface area contributed by atoms with Crippen LogP contribution in [0, 0.1) is 11.7 Å². The maximum atomic E-state index is 14.3. The highest BCUT2D eigenvalue weighted by Crippen LogP contribution is 2.29. The van der Waals surface area contributed by atoms with Gasteiger partial charge in [0.25, 0.3) is 10.0 Å². The molecule has 1 saturated heterocycles. The Hall–Kier alpha value is -3.77. The SMILES string of the molecule is CC(C)[C@H](C(=O)N1CCN(c2ccc(S(=O)(=O)Nc3nccs3)cc2)C(=O)C1)n1ccc2c(F)cccc21. The molecule has 5 rings (SSSR count). The van der Waals surface area contributed by atoms with Crippen LogP contribution in [0.4, 0.5) is 15.2 Å². The average molecular weight is 556 g/mol. The van der Waals surface area contributed by atoms with Gasteiger partial charge in [0, 0.05) is 41.9 Å². The van der Waals surface area contributed by atoms with Gasteiger partial charge in [0.1, 0.15) is 18.4 Å². The molecule has 12 heteroatoms. The summed E-state index contributed by atoms with van der Waals surface area (Å²) < 4.78 is 43.6. The normalized spacial score (nSPS) is 15.3. The number of fused-ring (bicyclic) bond motifs is 1. The molecule has 1 fully saturated rings. The van der Waals surface area contributed by atoms with Crippen molar-refractivity contribution in [1.29, 1.82) is 0 Å². The monoisotopic (exact) mass is 555 g/mol. The number of carbonyl (C=O) groups excluding carboxylic acids is 2. The lowest BCUT2D eigenvalue weighted by atomic mass is 10.0. The molecule has 0 radical (unpaired) electrons. The number of benzene rings is 2. The minimum atomic E-state index is -3.81. The number of amides is 2. The number of anilines is 2. The summed E-state index contributed by atoms with van der Waals surface area (Å²) in [6.45, 7) is 4.31. The Morgan fingerprint density at radius 1 is 1.11 bits per heavy atom. The molecule has 0 bridgehead atoms. The van der Waals surface area contributed by atoms with Gasteiger partial charge in [-0.15, -0.1) is 11.3 Å². The summed E-state index contributed by atoms with van der Waals surface area (Å²) in [5.41, 5.74) is 1.17. The van der Waals surface area contributed by atoms with Crippen LogP contribution in [0.25, 0.3) is 10.9 Å². The van der Waals surface area contributed by atoms with E-state index >= 15 is 0 Å². The van der Waals surface area contributed by atoms with E-state index in [4.69, 9.17) is 0 Å². The summed E-state index contributed by atoms with van der Waals surface area (Å²) >= 11 is 1.17. The van der Waals surface area contributed by atoms with Gasteiger partial charge in [0.05, 0.1) is 10.4 Å². The summed E-state index contributed by atoms with van der Waals surface area (Å²) in [5, 5.41) is 2.38. The summed E-state index contributed by atoms with van der Waals surface area (Å²) in [7, 11) is -3.81. The Balaban J connectivity index is 1.30. The van der Waals surface area contributed by atoms with Crippen LogP contribution in [-0.2, 0) is 19.6 Å². The molecule has 2 aromatic heterocycles. The number of hydrogen-bond donors (Lipinski definition) is 1. The highest BCUT2D eigenvalue weighted by atomic mass is 32.2.